The second kappa shape index (κ2) is 10.6. The van der Waals surface area contributed by atoms with Gasteiger partial charge in [-0.05, 0) is 44.2 Å². The Balaban J connectivity index is 1.89. The summed E-state index contributed by atoms with van der Waals surface area (Å²) in [6.45, 7) is 3.09. The Labute approximate surface area is 196 Å². The maximum atomic E-state index is 12.7. The van der Waals surface area contributed by atoms with E-state index in [0.29, 0.717) is 22.0 Å². The minimum Gasteiger partial charge on any atom is -0.483 e. The van der Waals surface area contributed by atoms with Gasteiger partial charge in [0.25, 0.3) is 5.91 Å². The Hall–Kier alpha value is -3.96. The number of nitriles is 1. The molecule has 2 aromatic carbocycles. The van der Waals surface area contributed by atoms with E-state index in [0.717, 1.165) is 0 Å². The van der Waals surface area contributed by atoms with Gasteiger partial charge in [0.15, 0.2) is 6.61 Å². The molecule has 0 fully saturated rings. The molecule has 33 heavy (non-hydrogen) atoms. The molecule has 1 amide bonds. The number of amides is 1. The fourth-order valence-corrected chi connectivity index (χ4v) is 3.52. The number of esters is 1. The van der Waals surface area contributed by atoms with E-state index in [1.54, 1.807) is 62.4 Å². The fraction of sp³-hybridized carbons (Fsp3) is 0.208. The number of hydrogen-bond acceptors (Lipinski definition) is 7. The maximum absolute atomic E-state index is 12.7. The van der Waals surface area contributed by atoms with Crippen LogP contribution in [0.1, 0.15) is 25.3 Å². The van der Waals surface area contributed by atoms with E-state index in [2.05, 4.69) is 5.32 Å². The van der Waals surface area contributed by atoms with Crippen LogP contribution >= 0.6 is 11.6 Å². The highest BCUT2D eigenvalue weighted by molar-refractivity contribution is 6.30. The first-order valence-electron chi connectivity index (χ1n) is 10.1. The van der Waals surface area contributed by atoms with E-state index in [-0.39, 0.29) is 36.0 Å². The molecule has 0 saturated heterocycles. The molecule has 1 heterocycles. The number of halogens is 1. The quantitative estimate of drug-likeness (QED) is 0.589. The van der Waals surface area contributed by atoms with Crippen LogP contribution in [0.5, 0.6) is 5.75 Å². The van der Waals surface area contributed by atoms with Crippen LogP contribution in [0.2, 0.25) is 5.02 Å². The molecule has 0 radical (unpaired) electrons. The summed E-state index contributed by atoms with van der Waals surface area (Å²) in [4.78, 5) is 25.1. The maximum Gasteiger partial charge on any atom is 0.338 e. The second-order valence-corrected chi connectivity index (χ2v) is 7.43. The highest BCUT2D eigenvalue weighted by Crippen LogP contribution is 2.42. The summed E-state index contributed by atoms with van der Waals surface area (Å²) in [6.07, 6.45) is 0. The van der Waals surface area contributed by atoms with Crippen LogP contribution < -0.4 is 15.8 Å². The number of anilines is 1. The molecule has 0 saturated carbocycles. The van der Waals surface area contributed by atoms with E-state index in [9.17, 15) is 14.9 Å². The number of benzene rings is 2. The summed E-state index contributed by atoms with van der Waals surface area (Å²) in [5.74, 6) is -1.47. The zero-order valence-electron chi connectivity index (χ0n) is 18.1. The number of carbonyl (C=O) groups is 2. The van der Waals surface area contributed by atoms with Crippen molar-refractivity contribution in [1.82, 2.24) is 0 Å². The van der Waals surface area contributed by atoms with Crippen molar-refractivity contribution >= 4 is 29.2 Å². The molecule has 1 atom stereocenters. The summed E-state index contributed by atoms with van der Waals surface area (Å²) in [6, 6.07) is 15.5. The fourth-order valence-electron chi connectivity index (χ4n) is 3.39. The van der Waals surface area contributed by atoms with Crippen LogP contribution in [-0.2, 0) is 19.1 Å². The number of nitrogens with zero attached hydrogens (tertiary/aromatic N) is 1. The highest BCUT2D eigenvalue weighted by atomic mass is 35.5. The molecule has 170 valence electrons. The van der Waals surface area contributed by atoms with Crippen LogP contribution in [-0.4, -0.2) is 25.1 Å². The average Bonchev–Trinajstić information content (AvgIpc) is 2.79. The minimum atomic E-state index is -0.877. The van der Waals surface area contributed by atoms with Gasteiger partial charge < -0.3 is 25.3 Å². The molecule has 1 aliphatic rings. The zero-order valence-corrected chi connectivity index (χ0v) is 18.8. The van der Waals surface area contributed by atoms with Crippen LogP contribution in [0.4, 0.5) is 5.69 Å². The molecule has 3 N–H and O–H groups in total. The monoisotopic (exact) mass is 467 g/mol. The number of allylic oxidation sites excluding steroid dienone is 2. The largest absolute Gasteiger partial charge is 0.483 e. The average molecular weight is 468 g/mol. The van der Waals surface area contributed by atoms with E-state index in [1.807, 2.05) is 6.07 Å². The van der Waals surface area contributed by atoms with E-state index in [1.165, 1.54) is 0 Å². The molecule has 3 rings (SSSR count). The van der Waals surface area contributed by atoms with E-state index < -0.39 is 17.8 Å². The first-order valence-corrected chi connectivity index (χ1v) is 10.5. The van der Waals surface area contributed by atoms with Crippen molar-refractivity contribution in [3.8, 4) is 11.8 Å². The smallest absolute Gasteiger partial charge is 0.338 e. The van der Waals surface area contributed by atoms with Gasteiger partial charge in [-0.25, -0.2) is 4.79 Å². The first kappa shape index (κ1) is 23.7. The summed E-state index contributed by atoms with van der Waals surface area (Å²) in [5.41, 5.74) is 7.18. The highest BCUT2D eigenvalue weighted by Gasteiger charge is 2.37. The number of carbonyl (C=O) groups excluding carboxylic acids is 2. The molecule has 9 heteroatoms. The molecule has 1 unspecified atom stereocenters. The first-order chi connectivity index (χ1) is 15.8. The van der Waals surface area contributed by atoms with Crippen LogP contribution in [0.3, 0.4) is 0 Å². The lowest BCUT2D eigenvalue weighted by Crippen LogP contribution is -2.26. The van der Waals surface area contributed by atoms with Gasteiger partial charge in [-0.2, -0.15) is 5.26 Å². The van der Waals surface area contributed by atoms with Gasteiger partial charge in [-0.15, -0.1) is 0 Å². The second-order valence-electron chi connectivity index (χ2n) is 7.00. The number of nitrogens with one attached hydrogen (secondary N) is 1. The predicted octanol–water partition coefficient (Wildman–Crippen LogP) is 4.00. The van der Waals surface area contributed by atoms with Crippen molar-refractivity contribution in [3.05, 3.63) is 81.9 Å². The molecule has 0 spiro atoms. The standard InChI is InChI=1S/C24H22ClN3O5/c1-3-31-24(30)21-14(2)33-23(27)18(12-26)22(21)17-6-4-5-7-19(17)32-13-20(29)28-16-10-8-15(25)9-11-16/h4-11,22H,3,13,27H2,1-2H3,(H,28,29). The van der Waals surface area contributed by atoms with Gasteiger partial charge >= 0.3 is 5.97 Å². The lowest BCUT2D eigenvalue weighted by atomic mass is 9.82. The Kier molecular flexibility index (Phi) is 7.59. The van der Waals surface area contributed by atoms with Crippen LogP contribution in [0.15, 0.2) is 71.3 Å². The van der Waals surface area contributed by atoms with Crippen molar-refractivity contribution < 1.29 is 23.8 Å². The molecule has 0 aromatic heterocycles. The zero-order chi connectivity index (χ0) is 24.0. The van der Waals surface area contributed by atoms with E-state index >= 15 is 0 Å². The van der Waals surface area contributed by atoms with Gasteiger partial charge in [0.2, 0.25) is 5.88 Å². The minimum absolute atomic E-state index is 0.0466. The summed E-state index contributed by atoms with van der Waals surface area (Å²) < 4.78 is 16.4. The van der Waals surface area contributed by atoms with Crippen molar-refractivity contribution in [1.29, 1.82) is 5.26 Å². The number of rotatable bonds is 7. The number of hydrogen-bond donors (Lipinski definition) is 2. The third kappa shape index (κ3) is 5.45. The van der Waals surface area contributed by atoms with Crippen molar-refractivity contribution in [2.45, 2.75) is 19.8 Å². The van der Waals surface area contributed by atoms with Crippen LogP contribution in [0, 0.1) is 11.3 Å². The molecule has 1 aliphatic heterocycles. The Bertz CT molecular complexity index is 1170. The van der Waals surface area contributed by atoms with Gasteiger partial charge in [-0.1, -0.05) is 29.8 Å². The van der Waals surface area contributed by atoms with E-state index in [4.69, 9.17) is 31.5 Å². The van der Waals surface area contributed by atoms with Crippen molar-refractivity contribution in [2.24, 2.45) is 5.73 Å². The number of para-hydroxylation sites is 1. The molecular formula is C24H22ClN3O5. The molecular weight excluding hydrogens is 446 g/mol. The molecule has 0 bridgehead atoms. The van der Waals surface area contributed by atoms with Gasteiger partial charge in [-0.3, -0.25) is 4.79 Å². The Morgan fingerprint density at radius 1 is 1.21 bits per heavy atom. The van der Waals surface area contributed by atoms with Crippen LogP contribution in [0.25, 0.3) is 0 Å². The topological polar surface area (TPSA) is 124 Å². The summed E-state index contributed by atoms with van der Waals surface area (Å²) in [5, 5.41) is 13.0. The summed E-state index contributed by atoms with van der Waals surface area (Å²) >= 11 is 5.86. The normalized spacial score (nSPS) is 15.4. The predicted molar refractivity (Wildman–Crippen MR) is 122 cm³/mol. The molecule has 2 aromatic rings. The van der Waals surface area contributed by atoms with Gasteiger partial charge in [0.1, 0.15) is 23.2 Å². The lowest BCUT2D eigenvalue weighted by Gasteiger charge is -2.28. The summed E-state index contributed by atoms with van der Waals surface area (Å²) in [7, 11) is 0. The third-order valence-electron chi connectivity index (χ3n) is 4.82. The third-order valence-corrected chi connectivity index (χ3v) is 5.07. The lowest BCUT2D eigenvalue weighted by molar-refractivity contribution is -0.139. The number of ether oxygens (including phenoxy) is 3. The van der Waals surface area contributed by atoms with Gasteiger partial charge in [0.05, 0.1) is 18.1 Å². The Morgan fingerprint density at radius 3 is 2.58 bits per heavy atom. The molecule has 0 aliphatic carbocycles. The molecule has 8 nitrogen and oxygen atoms in total. The Morgan fingerprint density at radius 2 is 1.91 bits per heavy atom. The van der Waals surface area contributed by atoms with Crippen molar-refractivity contribution in [2.75, 3.05) is 18.5 Å². The van der Waals surface area contributed by atoms with Gasteiger partial charge in [0, 0.05) is 16.3 Å². The SMILES string of the molecule is CCOC(=O)C1=C(C)OC(N)=C(C#N)C1c1ccccc1OCC(=O)Nc1ccc(Cl)cc1. The number of nitrogens with two attached hydrogens (primary N) is 1. The van der Waals surface area contributed by atoms with Crippen molar-refractivity contribution in [3.63, 3.8) is 0 Å².